The third kappa shape index (κ3) is 4.49. The second-order valence-corrected chi connectivity index (χ2v) is 6.57. The van der Waals surface area contributed by atoms with Crippen LogP contribution in [0.1, 0.15) is 56.9 Å². The number of furan rings is 1. The van der Waals surface area contributed by atoms with Gasteiger partial charge in [0, 0.05) is 25.1 Å². The molecular formula is C16H26N2O3. The van der Waals surface area contributed by atoms with Crippen molar-refractivity contribution in [2.75, 3.05) is 13.2 Å². The summed E-state index contributed by atoms with van der Waals surface area (Å²) in [5, 5.41) is 15.1. The van der Waals surface area contributed by atoms with Gasteiger partial charge in [0.2, 0.25) is 0 Å². The molecule has 1 atom stereocenters. The lowest BCUT2D eigenvalue weighted by molar-refractivity contribution is 0.148. The van der Waals surface area contributed by atoms with Crippen molar-refractivity contribution >= 4 is 6.03 Å². The van der Waals surface area contributed by atoms with Gasteiger partial charge in [-0.2, -0.15) is 0 Å². The van der Waals surface area contributed by atoms with E-state index in [0.717, 1.165) is 43.4 Å². The number of amides is 2. The number of rotatable bonds is 6. The van der Waals surface area contributed by atoms with E-state index in [1.165, 1.54) is 0 Å². The fraction of sp³-hybridized carbons (Fsp3) is 0.688. The van der Waals surface area contributed by atoms with Crippen molar-refractivity contribution in [3.8, 4) is 0 Å². The van der Waals surface area contributed by atoms with Crippen LogP contribution in [-0.4, -0.2) is 24.3 Å². The molecule has 0 aromatic carbocycles. The Balaban J connectivity index is 1.71. The molecule has 1 aliphatic carbocycles. The number of hydrogen-bond donors (Lipinski definition) is 3. The summed E-state index contributed by atoms with van der Waals surface area (Å²) in [6.07, 6.45) is 6.40. The molecular weight excluding hydrogens is 268 g/mol. The number of aryl methyl sites for hydroxylation is 1. The lowest BCUT2D eigenvalue weighted by atomic mass is 9.89. The van der Waals surface area contributed by atoms with Crippen molar-refractivity contribution in [2.24, 2.45) is 5.41 Å². The maximum absolute atomic E-state index is 11.9. The normalized spacial score (nSPS) is 18.1. The van der Waals surface area contributed by atoms with Crippen LogP contribution < -0.4 is 10.6 Å². The Hall–Kier alpha value is -1.49. The van der Waals surface area contributed by atoms with Gasteiger partial charge < -0.3 is 20.2 Å². The van der Waals surface area contributed by atoms with Gasteiger partial charge in [-0.05, 0) is 37.2 Å². The van der Waals surface area contributed by atoms with Crippen LogP contribution in [0.25, 0.3) is 0 Å². The third-order valence-electron chi connectivity index (χ3n) is 4.10. The van der Waals surface area contributed by atoms with E-state index in [1.54, 1.807) is 6.26 Å². The van der Waals surface area contributed by atoms with Gasteiger partial charge in [0.1, 0.15) is 5.76 Å². The number of carbonyl (C=O) groups excluding carboxylic acids is 1. The predicted molar refractivity (Wildman–Crippen MR) is 81.0 cm³/mol. The zero-order valence-corrected chi connectivity index (χ0v) is 12.9. The average Bonchev–Trinajstić information content (AvgIpc) is 2.93. The van der Waals surface area contributed by atoms with Gasteiger partial charge in [-0.25, -0.2) is 4.79 Å². The summed E-state index contributed by atoms with van der Waals surface area (Å²) in [4.78, 5) is 11.9. The quantitative estimate of drug-likeness (QED) is 0.706. The maximum Gasteiger partial charge on any atom is 0.315 e. The van der Waals surface area contributed by atoms with Crippen LogP contribution in [0.15, 0.2) is 16.7 Å². The summed E-state index contributed by atoms with van der Waals surface area (Å²) in [7, 11) is 0. The van der Waals surface area contributed by atoms with Crippen LogP contribution in [0.4, 0.5) is 4.79 Å². The molecule has 5 heteroatoms. The van der Waals surface area contributed by atoms with E-state index in [0.29, 0.717) is 6.54 Å². The highest BCUT2D eigenvalue weighted by Crippen LogP contribution is 2.30. The molecule has 0 saturated carbocycles. The summed E-state index contributed by atoms with van der Waals surface area (Å²) < 4.78 is 5.42. The molecule has 0 fully saturated rings. The molecule has 0 saturated heterocycles. The smallest absolute Gasteiger partial charge is 0.315 e. The second-order valence-electron chi connectivity index (χ2n) is 6.57. The van der Waals surface area contributed by atoms with Gasteiger partial charge in [0.25, 0.3) is 0 Å². The minimum atomic E-state index is -0.129. The second kappa shape index (κ2) is 6.98. The Bertz CT molecular complexity index is 468. The average molecular weight is 294 g/mol. The summed E-state index contributed by atoms with van der Waals surface area (Å²) in [6, 6.07) is 1.88. The fourth-order valence-electron chi connectivity index (χ4n) is 2.69. The molecule has 1 heterocycles. The summed E-state index contributed by atoms with van der Waals surface area (Å²) >= 11 is 0. The lowest BCUT2D eigenvalue weighted by Gasteiger charge is -2.23. The zero-order chi connectivity index (χ0) is 15.3. The third-order valence-corrected chi connectivity index (χ3v) is 4.10. The molecule has 21 heavy (non-hydrogen) atoms. The molecule has 1 unspecified atom stereocenters. The van der Waals surface area contributed by atoms with Gasteiger partial charge in [0.05, 0.1) is 12.3 Å². The molecule has 0 bridgehead atoms. The molecule has 1 aromatic rings. The van der Waals surface area contributed by atoms with Crippen LogP contribution in [0, 0.1) is 5.41 Å². The lowest BCUT2D eigenvalue weighted by Crippen LogP contribution is -2.39. The highest BCUT2D eigenvalue weighted by atomic mass is 16.3. The van der Waals surface area contributed by atoms with E-state index in [4.69, 9.17) is 4.42 Å². The Morgan fingerprint density at radius 2 is 2.33 bits per heavy atom. The number of urea groups is 1. The summed E-state index contributed by atoms with van der Waals surface area (Å²) in [6.45, 7) is 4.84. The molecule has 5 nitrogen and oxygen atoms in total. The molecule has 118 valence electrons. The Morgan fingerprint density at radius 3 is 3.10 bits per heavy atom. The molecule has 0 aliphatic heterocycles. The first-order valence-corrected chi connectivity index (χ1v) is 7.73. The molecule has 1 aliphatic rings. The maximum atomic E-state index is 11.9. The molecule has 0 spiro atoms. The molecule has 2 rings (SSSR count). The van der Waals surface area contributed by atoms with Crippen molar-refractivity contribution < 1.29 is 14.3 Å². The minimum Gasteiger partial charge on any atom is -0.469 e. The number of aliphatic hydroxyl groups is 1. The Morgan fingerprint density at radius 1 is 1.52 bits per heavy atom. The molecule has 2 amide bonds. The Labute approximate surface area is 126 Å². The summed E-state index contributed by atoms with van der Waals surface area (Å²) in [5.41, 5.74) is 1.03. The van der Waals surface area contributed by atoms with E-state index >= 15 is 0 Å². The topological polar surface area (TPSA) is 74.5 Å². The van der Waals surface area contributed by atoms with Crippen LogP contribution in [0.3, 0.4) is 0 Å². The first-order valence-electron chi connectivity index (χ1n) is 7.73. The van der Waals surface area contributed by atoms with Crippen LogP contribution in [0.5, 0.6) is 0 Å². The van der Waals surface area contributed by atoms with Crippen molar-refractivity contribution in [3.05, 3.63) is 23.7 Å². The van der Waals surface area contributed by atoms with Crippen molar-refractivity contribution in [2.45, 2.75) is 52.0 Å². The largest absolute Gasteiger partial charge is 0.469 e. The van der Waals surface area contributed by atoms with E-state index in [1.807, 2.05) is 19.9 Å². The van der Waals surface area contributed by atoms with Gasteiger partial charge in [-0.3, -0.25) is 0 Å². The van der Waals surface area contributed by atoms with Gasteiger partial charge in [-0.1, -0.05) is 13.8 Å². The minimum absolute atomic E-state index is 0.0568. The van der Waals surface area contributed by atoms with Gasteiger partial charge in [-0.15, -0.1) is 0 Å². The van der Waals surface area contributed by atoms with Crippen LogP contribution in [0.2, 0.25) is 0 Å². The Kier molecular flexibility index (Phi) is 5.28. The number of aliphatic hydroxyl groups excluding tert-OH is 1. The van der Waals surface area contributed by atoms with Crippen molar-refractivity contribution in [1.82, 2.24) is 10.6 Å². The van der Waals surface area contributed by atoms with E-state index in [2.05, 4.69) is 10.6 Å². The standard InChI is InChI=1S/C16H26N2O3/c1-16(2,11-19)8-4-9-17-15(20)18-13-5-3-6-14-12(13)7-10-21-14/h7,10,13,19H,3-6,8-9,11H2,1-2H3,(H2,17,18,20). The van der Waals surface area contributed by atoms with Crippen molar-refractivity contribution in [1.29, 1.82) is 0 Å². The van der Waals surface area contributed by atoms with Gasteiger partial charge >= 0.3 is 6.03 Å². The molecule has 0 radical (unpaired) electrons. The van der Waals surface area contributed by atoms with Crippen molar-refractivity contribution in [3.63, 3.8) is 0 Å². The SMILES string of the molecule is CC(C)(CO)CCCNC(=O)NC1CCCc2occc21. The molecule has 3 N–H and O–H groups in total. The number of fused-ring (bicyclic) bond motifs is 1. The number of carbonyl (C=O) groups is 1. The highest BCUT2D eigenvalue weighted by Gasteiger charge is 2.23. The predicted octanol–water partition coefficient (Wildman–Crippen LogP) is 2.75. The van der Waals surface area contributed by atoms with Crippen LogP contribution >= 0.6 is 0 Å². The molecule has 1 aromatic heterocycles. The van der Waals surface area contributed by atoms with Gasteiger partial charge in [0.15, 0.2) is 0 Å². The zero-order valence-electron chi connectivity index (χ0n) is 12.9. The fourth-order valence-corrected chi connectivity index (χ4v) is 2.69. The monoisotopic (exact) mass is 294 g/mol. The van der Waals surface area contributed by atoms with Crippen LogP contribution in [-0.2, 0) is 6.42 Å². The number of hydrogen-bond acceptors (Lipinski definition) is 3. The number of nitrogens with one attached hydrogen (secondary N) is 2. The first-order chi connectivity index (χ1) is 10.0. The first kappa shape index (κ1) is 15.9. The van der Waals surface area contributed by atoms with E-state index in [-0.39, 0.29) is 24.1 Å². The highest BCUT2D eigenvalue weighted by molar-refractivity contribution is 5.74. The van der Waals surface area contributed by atoms with E-state index in [9.17, 15) is 9.90 Å². The summed E-state index contributed by atoms with van der Waals surface area (Å²) in [5.74, 6) is 0.997. The van der Waals surface area contributed by atoms with E-state index < -0.39 is 0 Å².